The van der Waals surface area contributed by atoms with Crippen LogP contribution < -0.4 is 0 Å². The van der Waals surface area contributed by atoms with Gasteiger partial charge in [0.1, 0.15) is 6.10 Å². The van der Waals surface area contributed by atoms with Crippen LogP contribution in [0.5, 0.6) is 0 Å². The molecule has 1 atom stereocenters. The molecule has 0 fully saturated rings. The molecule has 0 radical (unpaired) electrons. The Morgan fingerprint density at radius 3 is 2.29 bits per heavy atom. The van der Waals surface area contributed by atoms with E-state index in [1.165, 1.54) is 38.5 Å². The van der Waals surface area contributed by atoms with Crippen molar-refractivity contribution in [2.45, 2.75) is 97.5 Å². The molecular weight excluding hydrogens is 264 g/mol. The molecule has 1 rings (SSSR count). The first kappa shape index (κ1) is 18.1. The molecule has 3 heteroatoms. The number of ketones is 1. The van der Waals surface area contributed by atoms with E-state index in [9.17, 15) is 4.79 Å². The van der Waals surface area contributed by atoms with E-state index >= 15 is 0 Å². The van der Waals surface area contributed by atoms with Gasteiger partial charge in [0.05, 0.1) is 0 Å². The zero-order valence-electron chi connectivity index (χ0n) is 14.1. The minimum absolute atomic E-state index is 0.104. The summed E-state index contributed by atoms with van der Waals surface area (Å²) in [5.74, 6) is 1.10. The Labute approximate surface area is 130 Å². The Morgan fingerprint density at radius 2 is 1.62 bits per heavy atom. The molecule has 0 aromatic rings. The number of hydrogen-bond acceptors (Lipinski definition) is 3. The lowest BCUT2D eigenvalue weighted by atomic mass is 10.0. The van der Waals surface area contributed by atoms with Crippen molar-refractivity contribution in [2.75, 3.05) is 0 Å². The molecule has 0 saturated carbocycles. The third kappa shape index (κ3) is 7.54. The average Bonchev–Trinajstić information content (AvgIpc) is 3.25. The zero-order chi connectivity index (χ0) is 15.5. The number of Topliss-reactive ketones (excluding diaryl/α,β-unsaturated/α-hetero) is 1. The van der Waals surface area contributed by atoms with Crippen LogP contribution in [0.25, 0.3) is 0 Å². The Morgan fingerprint density at radius 1 is 0.952 bits per heavy atom. The summed E-state index contributed by atoms with van der Waals surface area (Å²) < 4.78 is 11.2. The summed E-state index contributed by atoms with van der Waals surface area (Å²) in [6, 6.07) is 0. The van der Waals surface area contributed by atoms with Crippen molar-refractivity contribution in [3.8, 4) is 0 Å². The first-order valence-corrected chi connectivity index (χ1v) is 8.84. The number of carbonyl (C=O) groups is 1. The molecule has 0 amide bonds. The largest absolute Gasteiger partial charge is 0.459 e. The minimum Gasteiger partial charge on any atom is -0.459 e. The monoisotopic (exact) mass is 296 g/mol. The summed E-state index contributed by atoms with van der Waals surface area (Å²) >= 11 is 0. The van der Waals surface area contributed by atoms with Gasteiger partial charge in [-0.15, -0.1) is 0 Å². The number of unbranched alkanes of at least 4 members (excludes halogenated alkanes) is 5. The molecule has 0 aliphatic carbocycles. The fourth-order valence-electron chi connectivity index (χ4n) is 2.41. The molecular formula is C18H32O3. The fraction of sp³-hybridized carbons (Fsp3) is 0.833. The van der Waals surface area contributed by atoms with Gasteiger partial charge < -0.3 is 9.47 Å². The van der Waals surface area contributed by atoms with Gasteiger partial charge in [0.2, 0.25) is 5.78 Å². The highest BCUT2D eigenvalue weighted by Crippen LogP contribution is 2.32. The fourth-order valence-corrected chi connectivity index (χ4v) is 2.41. The summed E-state index contributed by atoms with van der Waals surface area (Å²) in [5.41, 5.74) is 0. The van der Waals surface area contributed by atoms with E-state index in [0.29, 0.717) is 18.1 Å². The van der Waals surface area contributed by atoms with E-state index in [1.54, 1.807) is 0 Å². The lowest BCUT2D eigenvalue weighted by molar-refractivity contribution is -0.116. The molecule has 122 valence electrons. The summed E-state index contributed by atoms with van der Waals surface area (Å²) in [6.07, 6.45) is 12.3. The maximum Gasteiger partial charge on any atom is 0.334 e. The Hall–Kier alpha value is -0.990. The second-order valence-corrected chi connectivity index (χ2v) is 5.98. The third-order valence-electron chi connectivity index (χ3n) is 3.88. The SMILES string of the molecule is CCCCCCC(CCCC)OC1=C(C(=O)CCCC)O1. The van der Waals surface area contributed by atoms with E-state index in [2.05, 4.69) is 20.8 Å². The quantitative estimate of drug-likeness (QED) is 0.398. The molecule has 1 unspecified atom stereocenters. The molecule has 0 saturated heterocycles. The van der Waals surface area contributed by atoms with Gasteiger partial charge in [-0.1, -0.05) is 59.3 Å². The number of carbonyl (C=O) groups excluding carboxylic acids is 1. The highest BCUT2D eigenvalue weighted by Gasteiger charge is 2.35. The molecule has 1 aliphatic rings. The van der Waals surface area contributed by atoms with Crippen LogP contribution in [0.2, 0.25) is 0 Å². The van der Waals surface area contributed by atoms with E-state index < -0.39 is 0 Å². The molecule has 0 aromatic carbocycles. The van der Waals surface area contributed by atoms with Crippen molar-refractivity contribution in [3.63, 3.8) is 0 Å². The van der Waals surface area contributed by atoms with Gasteiger partial charge in [0, 0.05) is 6.42 Å². The molecule has 0 spiro atoms. The topological polar surface area (TPSA) is 38.8 Å². The second-order valence-electron chi connectivity index (χ2n) is 5.98. The minimum atomic E-state index is 0.104. The van der Waals surface area contributed by atoms with Crippen LogP contribution in [-0.2, 0) is 14.3 Å². The van der Waals surface area contributed by atoms with E-state index in [0.717, 1.165) is 25.7 Å². The van der Waals surface area contributed by atoms with Gasteiger partial charge in [-0.3, -0.25) is 4.79 Å². The smallest absolute Gasteiger partial charge is 0.334 e. The van der Waals surface area contributed by atoms with Gasteiger partial charge >= 0.3 is 5.95 Å². The van der Waals surface area contributed by atoms with Crippen molar-refractivity contribution in [1.82, 2.24) is 0 Å². The first-order chi connectivity index (χ1) is 10.2. The predicted molar refractivity (Wildman–Crippen MR) is 85.8 cm³/mol. The van der Waals surface area contributed by atoms with Crippen LogP contribution in [0.4, 0.5) is 0 Å². The Bertz CT molecular complexity index is 333. The Balaban J connectivity index is 2.34. The summed E-state index contributed by atoms with van der Waals surface area (Å²) in [7, 11) is 0. The highest BCUT2D eigenvalue weighted by molar-refractivity contribution is 5.96. The van der Waals surface area contributed by atoms with Gasteiger partial charge in [-0.05, 0) is 25.7 Å². The predicted octanol–water partition coefficient (Wildman–Crippen LogP) is 5.49. The van der Waals surface area contributed by atoms with Crippen LogP contribution in [0.3, 0.4) is 0 Å². The summed E-state index contributed by atoms with van der Waals surface area (Å²) in [4.78, 5) is 11.8. The second kappa shape index (κ2) is 10.7. The molecule has 0 N–H and O–H groups in total. The lowest BCUT2D eigenvalue weighted by Crippen LogP contribution is -2.10. The molecule has 21 heavy (non-hydrogen) atoms. The van der Waals surface area contributed by atoms with Crippen LogP contribution in [0.15, 0.2) is 11.7 Å². The first-order valence-electron chi connectivity index (χ1n) is 8.84. The van der Waals surface area contributed by atoms with E-state index in [-0.39, 0.29) is 11.9 Å². The number of allylic oxidation sites excluding steroid dienone is 1. The number of rotatable bonds is 14. The van der Waals surface area contributed by atoms with Gasteiger partial charge in [-0.2, -0.15) is 0 Å². The van der Waals surface area contributed by atoms with Crippen LogP contribution >= 0.6 is 0 Å². The molecule has 1 heterocycles. The maximum absolute atomic E-state index is 11.8. The highest BCUT2D eigenvalue weighted by atomic mass is 16.7. The van der Waals surface area contributed by atoms with Crippen molar-refractivity contribution in [1.29, 1.82) is 0 Å². The molecule has 0 bridgehead atoms. The van der Waals surface area contributed by atoms with Crippen molar-refractivity contribution in [3.05, 3.63) is 11.7 Å². The summed E-state index contributed by atoms with van der Waals surface area (Å²) in [5, 5.41) is 0. The average molecular weight is 296 g/mol. The van der Waals surface area contributed by atoms with Crippen molar-refractivity contribution < 1.29 is 14.3 Å². The van der Waals surface area contributed by atoms with E-state index in [4.69, 9.17) is 9.47 Å². The molecule has 3 nitrogen and oxygen atoms in total. The van der Waals surface area contributed by atoms with Crippen molar-refractivity contribution >= 4 is 5.78 Å². The normalized spacial score (nSPS) is 14.8. The van der Waals surface area contributed by atoms with Gasteiger partial charge in [-0.25, -0.2) is 0 Å². The van der Waals surface area contributed by atoms with Crippen LogP contribution in [0.1, 0.15) is 91.4 Å². The zero-order valence-corrected chi connectivity index (χ0v) is 14.1. The maximum atomic E-state index is 11.8. The lowest BCUT2D eigenvalue weighted by Gasteiger charge is -2.15. The van der Waals surface area contributed by atoms with Crippen molar-refractivity contribution in [2.24, 2.45) is 0 Å². The molecule has 0 aromatic heterocycles. The number of ether oxygens (including phenoxy) is 2. The summed E-state index contributed by atoms with van der Waals surface area (Å²) in [6.45, 7) is 6.51. The Kier molecular flexibility index (Phi) is 9.20. The van der Waals surface area contributed by atoms with Gasteiger partial charge in [0.25, 0.3) is 5.76 Å². The third-order valence-corrected chi connectivity index (χ3v) is 3.88. The van der Waals surface area contributed by atoms with Crippen LogP contribution in [-0.4, -0.2) is 11.9 Å². The van der Waals surface area contributed by atoms with Gasteiger partial charge in [0.15, 0.2) is 0 Å². The van der Waals surface area contributed by atoms with Crippen LogP contribution in [0, 0.1) is 0 Å². The van der Waals surface area contributed by atoms with E-state index in [1.807, 2.05) is 0 Å². The number of hydrogen-bond donors (Lipinski definition) is 0. The molecule has 1 aliphatic heterocycles. The standard InChI is InChI=1S/C18H32O3/c1-4-7-10-11-13-15(12-8-5-2)20-18-17(21-18)16(19)14-9-6-3/h15H,4-14H2,1-3H3.